The topological polar surface area (TPSA) is 45.6 Å². The van der Waals surface area contributed by atoms with Crippen molar-refractivity contribution in [1.82, 2.24) is 10.6 Å². The summed E-state index contributed by atoms with van der Waals surface area (Å²) >= 11 is 0. The van der Waals surface area contributed by atoms with Gasteiger partial charge in [0.05, 0.1) is 5.92 Å². The third-order valence-corrected chi connectivity index (χ3v) is 4.53. The van der Waals surface area contributed by atoms with Gasteiger partial charge in [-0.15, -0.1) is 0 Å². The molecule has 1 aliphatic carbocycles. The van der Waals surface area contributed by atoms with Crippen molar-refractivity contribution in [2.24, 2.45) is 10.9 Å². The lowest BCUT2D eigenvalue weighted by Crippen LogP contribution is -2.45. The molecule has 0 aliphatic heterocycles. The minimum atomic E-state index is -4.08. The minimum absolute atomic E-state index is 0.00654. The Labute approximate surface area is 152 Å². The fourth-order valence-corrected chi connectivity index (χ4v) is 3.07. The van der Waals surface area contributed by atoms with Crippen molar-refractivity contribution < 1.29 is 17.9 Å². The Morgan fingerprint density at radius 2 is 1.96 bits per heavy atom. The van der Waals surface area contributed by atoms with Crippen LogP contribution in [0.25, 0.3) is 0 Å². The van der Waals surface area contributed by atoms with E-state index in [1.165, 1.54) is 0 Å². The van der Waals surface area contributed by atoms with E-state index < -0.39 is 12.1 Å². The summed E-state index contributed by atoms with van der Waals surface area (Å²) in [7, 11) is 1.65. The number of hydrogen-bond acceptors (Lipinski definition) is 2. The summed E-state index contributed by atoms with van der Waals surface area (Å²) in [5, 5.41) is 6.43. The zero-order chi connectivity index (χ0) is 19.0. The summed E-state index contributed by atoms with van der Waals surface area (Å²) in [6, 6.07) is 7.66. The number of hydrogen-bond donors (Lipinski definition) is 2. The largest absolute Gasteiger partial charge is 0.489 e. The van der Waals surface area contributed by atoms with Crippen LogP contribution in [-0.2, 0) is 6.54 Å². The molecule has 0 saturated heterocycles. The predicted octanol–water partition coefficient (Wildman–Crippen LogP) is 4.04. The third kappa shape index (κ3) is 5.97. The van der Waals surface area contributed by atoms with Gasteiger partial charge in [-0.2, -0.15) is 13.2 Å². The smallest absolute Gasteiger partial charge is 0.391 e. The molecule has 0 amide bonds. The highest BCUT2D eigenvalue weighted by Gasteiger charge is 2.41. The van der Waals surface area contributed by atoms with Crippen LogP contribution in [0.3, 0.4) is 0 Å². The van der Waals surface area contributed by atoms with E-state index >= 15 is 0 Å². The number of halogens is 3. The molecule has 7 heteroatoms. The molecule has 1 aromatic rings. The van der Waals surface area contributed by atoms with Crippen molar-refractivity contribution in [3.63, 3.8) is 0 Å². The van der Waals surface area contributed by atoms with E-state index in [2.05, 4.69) is 22.2 Å². The lowest BCUT2D eigenvalue weighted by atomic mass is 9.85. The molecule has 1 fully saturated rings. The van der Waals surface area contributed by atoms with Gasteiger partial charge in [0.25, 0.3) is 0 Å². The average Bonchev–Trinajstić information content (AvgIpc) is 2.63. The van der Waals surface area contributed by atoms with Gasteiger partial charge in [-0.1, -0.05) is 30.9 Å². The van der Waals surface area contributed by atoms with Gasteiger partial charge in [0.2, 0.25) is 0 Å². The second-order valence-electron chi connectivity index (χ2n) is 6.37. The van der Waals surface area contributed by atoms with E-state index in [9.17, 15) is 13.2 Å². The summed E-state index contributed by atoms with van der Waals surface area (Å²) in [5.74, 6) is 0.171. The van der Waals surface area contributed by atoms with Crippen LogP contribution < -0.4 is 15.4 Å². The highest BCUT2D eigenvalue weighted by atomic mass is 19.4. The number of rotatable bonds is 6. The average molecular weight is 369 g/mol. The van der Waals surface area contributed by atoms with E-state index in [0.717, 1.165) is 11.3 Å². The maximum absolute atomic E-state index is 12.8. The molecule has 0 spiro atoms. The molecular formula is C19H26F3N3O. The monoisotopic (exact) mass is 369 g/mol. The van der Waals surface area contributed by atoms with Gasteiger partial charge in [-0.05, 0) is 31.7 Å². The Kier molecular flexibility index (Phi) is 7.36. The lowest BCUT2D eigenvalue weighted by Gasteiger charge is -2.31. The van der Waals surface area contributed by atoms with Crippen LogP contribution >= 0.6 is 0 Å². The van der Waals surface area contributed by atoms with Gasteiger partial charge < -0.3 is 15.4 Å². The van der Waals surface area contributed by atoms with Crippen LogP contribution in [0, 0.1) is 5.92 Å². The Bertz CT molecular complexity index is 608. The van der Waals surface area contributed by atoms with Gasteiger partial charge in [0.1, 0.15) is 12.4 Å². The SMILES string of the molecule is C=CCOc1ccccc1CNC(=NC)NC1CCC(C(F)(F)F)CC1. The predicted molar refractivity (Wildman–Crippen MR) is 97.3 cm³/mol. The van der Waals surface area contributed by atoms with Crippen LogP contribution in [0.1, 0.15) is 31.2 Å². The third-order valence-electron chi connectivity index (χ3n) is 4.53. The highest BCUT2D eigenvalue weighted by molar-refractivity contribution is 5.80. The first-order chi connectivity index (χ1) is 12.4. The van der Waals surface area contributed by atoms with Gasteiger partial charge in [0.15, 0.2) is 5.96 Å². The molecule has 2 rings (SSSR count). The molecule has 0 bridgehead atoms. The van der Waals surface area contributed by atoms with Crippen molar-refractivity contribution in [3.8, 4) is 5.75 Å². The summed E-state index contributed by atoms with van der Waals surface area (Å²) < 4.78 is 43.9. The second-order valence-corrected chi connectivity index (χ2v) is 6.37. The Hall–Kier alpha value is -2.18. The Morgan fingerprint density at radius 1 is 1.27 bits per heavy atom. The van der Waals surface area contributed by atoms with Crippen LogP contribution in [0.2, 0.25) is 0 Å². The fraction of sp³-hybridized carbons (Fsp3) is 0.526. The maximum Gasteiger partial charge on any atom is 0.391 e. The molecule has 0 unspecified atom stereocenters. The van der Waals surface area contributed by atoms with Crippen molar-refractivity contribution in [1.29, 1.82) is 0 Å². The number of alkyl halides is 3. The summed E-state index contributed by atoms with van der Waals surface area (Å²) in [6.07, 6.45) is -1.09. The maximum atomic E-state index is 12.8. The number of nitrogens with zero attached hydrogens (tertiary/aromatic N) is 1. The molecule has 0 heterocycles. The van der Waals surface area contributed by atoms with Crippen molar-refractivity contribution in [2.75, 3.05) is 13.7 Å². The van der Waals surface area contributed by atoms with Gasteiger partial charge >= 0.3 is 6.18 Å². The van der Waals surface area contributed by atoms with Gasteiger partial charge in [0, 0.05) is 25.2 Å². The van der Waals surface area contributed by atoms with Crippen molar-refractivity contribution in [3.05, 3.63) is 42.5 Å². The van der Waals surface area contributed by atoms with Crippen molar-refractivity contribution in [2.45, 2.75) is 44.4 Å². The number of ether oxygens (including phenoxy) is 1. The first kappa shape index (κ1) is 20.1. The van der Waals surface area contributed by atoms with E-state index in [0.29, 0.717) is 32.0 Å². The molecule has 0 aromatic heterocycles. The number of guanidine groups is 1. The summed E-state index contributed by atoms with van der Waals surface area (Å²) in [4.78, 5) is 4.17. The second kappa shape index (κ2) is 9.50. The van der Waals surface area contributed by atoms with Gasteiger partial charge in [-0.25, -0.2) is 0 Å². The summed E-state index contributed by atoms with van der Waals surface area (Å²) in [6.45, 7) is 4.57. The number of benzene rings is 1. The number of para-hydroxylation sites is 1. The quantitative estimate of drug-likeness (QED) is 0.452. The molecule has 1 aliphatic rings. The standard InChI is InChI=1S/C19H26F3N3O/c1-3-12-26-17-7-5-4-6-14(17)13-24-18(23-2)25-16-10-8-15(9-11-16)19(20,21)22/h3-7,15-16H,1,8-13H2,2H3,(H2,23,24,25). The minimum Gasteiger partial charge on any atom is -0.489 e. The Balaban J connectivity index is 1.85. The van der Waals surface area contributed by atoms with Crippen LogP contribution in [0.4, 0.5) is 13.2 Å². The molecule has 1 aromatic carbocycles. The molecule has 1 saturated carbocycles. The fourth-order valence-electron chi connectivity index (χ4n) is 3.07. The number of aliphatic imine (C=N–C) groups is 1. The van der Waals surface area contributed by atoms with E-state index in [-0.39, 0.29) is 18.9 Å². The van der Waals surface area contributed by atoms with Crippen LogP contribution in [0.5, 0.6) is 5.75 Å². The van der Waals surface area contributed by atoms with E-state index in [1.807, 2.05) is 24.3 Å². The molecule has 0 atom stereocenters. The normalized spacial score (nSPS) is 21.2. The number of nitrogens with one attached hydrogen (secondary N) is 2. The molecule has 2 N–H and O–H groups in total. The zero-order valence-electron chi connectivity index (χ0n) is 15.0. The van der Waals surface area contributed by atoms with E-state index in [1.54, 1.807) is 13.1 Å². The first-order valence-corrected chi connectivity index (χ1v) is 8.79. The first-order valence-electron chi connectivity index (χ1n) is 8.79. The molecule has 144 valence electrons. The van der Waals surface area contributed by atoms with Crippen molar-refractivity contribution >= 4 is 5.96 Å². The van der Waals surface area contributed by atoms with Crippen LogP contribution in [-0.4, -0.2) is 31.8 Å². The molecular weight excluding hydrogens is 343 g/mol. The zero-order valence-corrected chi connectivity index (χ0v) is 15.0. The van der Waals surface area contributed by atoms with E-state index in [4.69, 9.17) is 4.74 Å². The molecule has 4 nitrogen and oxygen atoms in total. The van der Waals surface area contributed by atoms with Gasteiger partial charge in [-0.3, -0.25) is 4.99 Å². The summed E-state index contributed by atoms with van der Waals surface area (Å²) in [5.41, 5.74) is 0.970. The lowest BCUT2D eigenvalue weighted by molar-refractivity contribution is -0.182. The van der Waals surface area contributed by atoms with Crippen LogP contribution in [0.15, 0.2) is 41.9 Å². The molecule has 0 radical (unpaired) electrons. The molecule has 26 heavy (non-hydrogen) atoms. The Morgan fingerprint density at radius 3 is 2.58 bits per heavy atom. The highest BCUT2D eigenvalue weighted by Crippen LogP contribution is 2.37.